The molecule has 26 heavy (non-hydrogen) atoms. The summed E-state index contributed by atoms with van der Waals surface area (Å²) in [6.07, 6.45) is 11.3. The Kier molecular flexibility index (Phi) is 4.26. The fourth-order valence-electron chi connectivity index (χ4n) is 2.68. The molecule has 0 bridgehead atoms. The number of nitrogens with zero attached hydrogens (tertiary/aromatic N) is 4. The molecule has 5 nitrogen and oxygen atoms in total. The van der Waals surface area contributed by atoms with Gasteiger partial charge in [0, 0.05) is 29.7 Å². The van der Waals surface area contributed by atoms with E-state index in [9.17, 15) is 0 Å². The molecule has 1 aromatic carbocycles. The Hall–Kier alpha value is -3.73. The van der Waals surface area contributed by atoms with E-state index in [1.807, 2.05) is 83.7 Å². The number of hydrogen-bond acceptors (Lipinski definition) is 4. The van der Waals surface area contributed by atoms with Gasteiger partial charge >= 0.3 is 0 Å². The van der Waals surface area contributed by atoms with Crippen LogP contribution >= 0.6 is 0 Å². The van der Waals surface area contributed by atoms with Crippen molar-refractivity contribution in [3.8, 4) is 0 Å². The van der Waals surface area contributed by atoms with Gasteiger partial charge in [-0.05, 0) is 60.7 Å². The summed E-state index contributed by atoms with van der Waals surface area (Å²) in [6, 6.07) is 17.4. The van der Waals surface area contributed by atoms with Crippen LogP contribution in [0.4, 0.5) is 5.69 Å². The van der Waals surface area contributed by atoms with Crippen molar-refractivity contribution in [3.63, 3.8) is 0 Å². The SMILES string of the molecule is Nc1ccc2c(/C=C/c3ccccn3)nn(/C=C/c3ccccn3)c2c1. The smallest absolute Gasteiger partial charge is 0.0934 e. The minimum absolute atomic E-state index is 0.699. The van der Waals surface area contributed by atoms with Gasteiger partial charge in [-0.3, -0.25) is 9.97 Å². The molecule has 0 aliphatic rings. The first-order valence-electron chi connectivity index (χ1n) is 8.26. The number of nitrogen functional groups attached to an aromatic ring is 1. The quantitative estimate of drug-likeness (QED) is 0.566. The third-order valence-electron chi connectivity index (χ3n) is 3.93. The van der Waals surface area contributed by atoms with Crippen LogP contribution in [0.5, 0.6) is 0 Å². The second kappa shape index (κ2) is 7.03. The molecule has 3 heterocycles. The zero-order valence-electron chi connectivity index (χ0n) is 14.0. The van der Waals surface area contributed by atoms with E-state index >= 15 is 0 Å². The molecule has 0 unspecified atom stereocenters. The van der Waals surface area contributed by atoms with Crippen molar-refractivity contribution in [2.45, 2.75) is 0 Å². The van der Waals surface area contributed by atoms with Crippen LogP contribution in [0.15, 0.2) is 67.0 Å². The lowest BCUT2D eigenvalue weighted by atomic mass is 10.2. The van der Waals surface area contributed by atoms with Gasteiger partial charge in [0.25, 0.3) is 0 Å². The van der Waals surface area contributed by atoms with Gasteiger partial charge in [0.15, 0.2) is 0 Å². The normalized spacial score (nSPS) is 11.7. The second-order valence-electron chi connectivity index (χ2n) is 5.76. The van der Waals surface area contributed by atoms with Crippen molar-refractivity contribution in [1.82, 2.24) is 19.7 Å². The summed E-state index contributed by atoms with van der Waals surface area (Å²) in [5.74, 6) is 0. The summed E-state index contributed by atoms with van der Waals surface area (Å²) in [4.78, 5) is 8.61. The van der Waals surface area contributed by atoms with E-state index in [4.69, 9.17) is 10.8 Å². The van der Waals surface area contributed by atoms with E-state index in [0.717, 1.165) is 28.0 Å². The van der Waals surface area contributed by atoms with E-state index in [2.05, 4.69) is 9.97 Å². The fraction of sp³-hybridized carbons (Fsp3) is 0. The summed E-state index contributed by atoms with van der Waals surface area (Å²) in [5.41, 5.74) is 10.2. The van der Waals surface area contributed by atoms with E-state index in [0.29, 0.717) is 5.69 Å². The number of pyridine rings is 2. The Morgan fingerprint density at radius 2 is 1.54 bits per heavy atom. The number of hydrogen-bond donors (Lipinski definition) is 1. The van der Waals surface area contributed by atoms with Crippen molar-refractivity contribution in [2.24, 2.45) is 0 Å². The molecule has 5 heteroatoms. The minimum atomic E-state index is 0.699. The molecule has 3 aromatic heterocycles. The molecule has 0 aliphatic heterocycles. The average Bonchev–Trinajstić information content (AvgIpc) is 3.03. The van der Waals surface area contributed by atoms with Gasteiger partial charge in [-0.1, -0.05) is 12.1 Å². The predicted molar refractivity (Wildman–Crippen MR) is 107 cm³/mol. The van der Waals surface area contributed by atoms with Crippen LogP contribution in [-0.2, 0) is 0 Å². The largest absolute Gasteiger partial charge is 0.399 e. The standard InChI is InChI=1S/C21H17N5/c22-16-7-9-19-20(10-8-17-5-1-3-12-23-17)25-26(21(19)15-16)14-11-18-6-2-4-13-24-18/h1-15H,22H2/b10-8+,14-11+. The Bertz CT molecular complexity index is 1080. The molecule has 126 valence electrons. The summed E-state index contributed by atoms with van der Waals surface area (Å²) in [7, 11) is 0. The van der Waals surface area contributed by atoms with Gasteiger partial charge in [-0.2, -0.15) is 5.10 Å². The van der Waals surface area contributed by atoms with E-state index in [-0.39, 0.29) is 0 Å². The average molecular weight is 339 g/mol. The molecular formula is C21H17N5. The van der Waals surface area contributed by atoms with Gasteiger partial charge in [0.2, 0.25) is 0 Å². The molecule has 0 radical (unpaired) electrons. The first kappa shape index (κ1) is 15.8. The van der Waals surface area contributed by atoms with Crippen LogP contribution in [0.1, 0.15) is 17.1 Å². The highest BCUT2D eigenvalue weighted by molar-refractivity contribution is 5.92. The first-order valence-corrected chi connectivity index (χ1v) is 8.26. The highest BCUT2D eigenvalue weighted by Crippen LogP contribution is 2.23. The maximum atomic E-state index is 5.97. The molecule has 4 aromatic rings. The maximum absolute atomic E-state index is 5.97. The minimum Gasteiger partial charge on any atom is -0.399 e. The zero-order valence-corrected chi connectivity index (χ0v) is 14.0. The molecule has 0 spiro atoms. The lowest BCUT2D eigenvalue weighted by Crippen LogP contribution is -1.90. The Labute approximate surface area is 151 Å². The van der Waals surface area contributed by atoms with Crippen LogP contribution in [0.25, 0.3) is 35.3 Å². The lowest BCUT2D eigenvalue weighted by molar-refractivity contribution is 0.961. The van der Waals surface area contributed by atoms with Crippen LogP contribution in [0, 0.1) is 0 Å². The Morgan fingerprint density at radius 1 is 0.808 bits per heavy atom. The summed E-state index contributed by atoms with van der Waals surface area (Å²) in [6.45, 7) is 0. The van der Waals surface area contributed by atoms with Crippen molar-refractivity contribution >= 4 is 41.0 Å². The molecule has 0 aliphatic carbocycles. The van der Waals surface area contributed by atoms with E-state index in [1.165, 1.54) is 0 Å². The van der Waals surface area contributed by atoms with Crippen molar-refractivity contribution in [1.29, 1.82) is 0 Å². The lowest BCUT2D eigenvalue weighted by Gasteiger charge is -1.97. The number of rotatable bonds is 4. The van der Waals surface area contributed by atoms with Crippen molar-refractivity contribution in [3.05, 3.63) is 84.1 Å². The second-order valence-corrected chi connectivity index (χ2v) is 5.76. The summed E-state index contributed by atoms with van der Waals surface area (Å²) < 4.78 is 1.82. The van der Waals surface area contributed by atoms with Crippen LogP contribution in [-0.4, -0.2) is 19.7 Å². The monoisotopic (exact) mass is 339 g/mol. The van der Waals surface area contributed by atoms with Crippen LogP contribution in [0.3, 0.4) is 0 Å². The maximum Gasteiger partial charge on any atom is 0.0934 e. The number of nitrogens with two attached hydrogens (primary N) is 1. The van der Waals surface area contributed by atoms with E-state index in [1.54, 1.807) is 12.4 Å². The van der Waals surface area contributed by atoms with E-state index < -0.39 is 0 Å². The van der Waals surface area contributed by atoms with Gasteiger partial charge in [0.1, 0.15) is 0 Å². The molecule has 0 atom stereocenters. The number of aromatic nitrogens is 4. The van der Waals surface area contributed by atoms with Gasteiger partial charge < -0.3 is 5.73 Å². The van der Waals surface area contributed by atoms with Gasteiger partial charge in [-0.25, -0.2) is 4.68 Å². The van der Waals surface area contributed by atoms with Crippen LogP contribution in [0.2, 0.25) is 0 Å². The highest BCUT2D eigenvalue weighted by atomic mass is 15.3. The molecule has 0 fully saturated rings. The Balaban J connectivity index is 1.75. The molecule has 0 saturated carbocycles. The van der Waals surface area contributed by atoms with Crippen molar-refractivity contribution < 1.29 is 0 Å². The van der Waals surface area contributed by atoms with Crippen molar-refractivity contribution in [2.75, 3.05) is 5.73 Å². The Morgan fingerprint density at radius 3 is 2.23 bits per heavy atom. The molecule has 2 N–H and O–H groups in total. The number of benzene rings is 1. The number of fused-ring (bicyclic) bond motifs is 1. The summed E-state index contributed by atoms with van der Waals surface area (Å²) in [5, 5.41) is 5.72. The third kappa shape index (κ3) is 3.37. The zero-order chi connectivity index (χ0) is 17.8. The summed E-state index contributed by atoms with van der Waals surface area (Å²) >= 11 is 0. The first-order chi connectivity index (χ1) is 12.8. The van der Waals surface area contributed by atoms with Gasteiger partial charge in [-0.15, -0.1) is 0 Å². The fourth-order valence-corrected chi connectivity index (χ4v) is 2.68. The highest BCUT2D eigenvalue weighted by Gasteiger charge is 2.07. The predicted octanol–water partition coefficient (Wildman–Crippen LogP) is 4.21. The molecular weight excluding hydrogens is 322 g/mol. The molecule has 0 amide bonds. The third-order valence-corrected chi connectivity index (χ3v) is 3.93. The topological polar surface area (TPSA) is 69.6 Å². The van der Waals surface area contributed by atoms with Crippen LogP contribution < -0.4 is 5.73 Å². The molecule has 0 saturated heterocycles. The number of anilines is 1. The van der Waals surface area contributed by atoms with Gasteiger partial charge in [0.05, 0.1) is 22.6 Å². The molecule has 4 rings (SSSR count).